The predicted octanol–water partition coefficient (Wildman–Crippen LogP) is 3.90. The van der Waals surface area contributed by atoms with E-state index < -0.39 is 6.61 Å². The monoisotopic (exact) mass is 354 g/mol. The van der Waals surface area contributed by atoms with Crippen LogP contribution in [0.15, 0.2) is 18.2 Å². The smallest absolute Gasteiger partial charge is 0.387 e. The molecule has 0 aromatic heterocycles. The van der Waals surface area contributed by atoms with Gasteiger partial charge in [-0.2, -0.15) is 8.78 Å². The Balaban J connectivity index is 1.72. The van der Waals surface area contributed by atoms with Crippen LogP contribution < -0.4 is 19.7 Å². The van der Waals surface area contributed by atoms with E-state index in [0.717, 1.165) is 44.6 Å². The average Bonchev–Trinajstić information content (AvgIpc) is 3.37. The molecule has 1 heterocycles. The maximum atomic E-state index is 12.6. The van der Waals surface area contributed by atoms with Crippen molar-refractivity contribution in [1.29, 1.82) is 0 Å². The molecule has 1 unspecified atom stereocenters. The van der Waals surface area contributed by atoms with Crippen LogP contribution in [-0.2, 0) is 0 Å². The van der Waals surface area contributed by atoms with Crippen LogP contribution in [0.2, 0.25) is 0 Å². The summed E-state index contributed by atoms with van der Waals surface area (Å²) in [6, 6.07) is 5.74. The Labute approximate surface area is 148 Å². The third-order valence-electron chi connectivity index (χ3n) is 4.69. The van der Waals surface area contributed by atoms with Gasteiger partial charge in [0.25, 0.3) is 0 Å². The molecule has 1 aliphatic heterocycles. The van der Waals surface area contributed by atoms with E-state index in [9.17, 15) is 8.78 Å². The topological polar surface area (TPSA) is 33.7 Å². The van der Waals surface area contributed by atoms with Crippen molar-refractivity contribution in [1.82, 2.24) is 5.32 Å². The number of hydrogen-bond acceptors (Lipinski definition) is 4. The van der Waals surface area contributed by atoms with Gasteiger partial charge in [0.05, 0.1) is 6.61 Å². The molecule has 2 fully saturated rings. The molecule has 3 rings (SSSR count). The van der Waals surface area contributed by atoms with Crippen LogP contribution >= 0.6 is 0 Å². The molecule has 0 spiro atoms. The maximum Gasteiger partial charge on any atom is 0.387 e. The molecule has 0 bridgehead atoms. The summed E-state index contributed by atoms with van der Waals surface area (Å²) in [5.41, 5.74) is 1.00. The van der Waals surface area contributed by atoms with Gasteiger partial charge in [-0.15, -0.1) is 0 Å². The van der Waals surface area contributed by atoms with Crippen LogP contribution in [0.25, 0.3) is 0 Å². The molecule has 1 N–H and O–H groups in total. The minimum Gasteiger partial charge on any atom is -0.489 e. The summed E-state index contributed by atoms with van der Waals surface area (Å²) in [5.74, 6) is 1.73. The highest BCUT2D eigenvalue weighted by Gasteiger charge is 2.24. The van der Waals surface area contributed by atoms with E-state index in [0.29, 0.717) is 30.2 Å². The summed E-state index contributed by atoms with van der Waals surface area (Å²) in [6.07, 6.45) is 3.42. The van der Waals surface area contributed by atoms with Crippen molar-refractivity contribution in [2.75, 3.05) is 31.1 Å². The van der Waals surface area contributed by atoms with Crippen molar-refractivity contribution >= 4 is 5.69 Å². The number of ether oxygens (including phenoxy) is 2. The first-order chi connectivity index (χ1) is 12.0. The van der Waals surface area contributed by atoms with Gasteiger partial charge >= 0.3 is 6.61 Å². The number of piperazine rings is 1. The second-order valence-electron chi connectivity index (χ2n) is 7.49. The molecule has 140 valence electrons. The van der Waals surface area contributed by atoms with Gasteiger partial charge in [0.15, 0.2) is 11.5 Å². The first kappa shape index (κ1) is 18.2. The third kappa shape index (κ3) is 5.46. The summed E-state index contributed by atoms with van der Waals surface area (Å²) < 4.78 is 35.7. The summed E-state index contributed by atoms with van der Waals surface area (Å²) >= 11 is 0. The van der Waals surface area contributed by atoms with E-state index in [2.05, 4.69) is 28.8 Å². The molecule has 25 heavy (non-hydrogen) atoms. The van der Waals surface area contributed by atoms with Gasteiger partial charge in [0.1, 0.15) is 0 Å². The zero-order chi connectivity index (χ0) is 17.8. The van der Waals surface area contributed by atoms with Gasteiger partial charge in [0, 0.05) is 37.4 Å². The van der Waals surface area contributed by atoms with Crippen molar-refractivity contribution in [3.8, 4) is 11.5 Å². The Hall–Kier alpha value is -1.56. The van der Waals surface area contributed by atoms with Gasteiger partial charge < -0.3 is 19.7 Å². The van der Waals surface area contributed by atoms with Crippen LogP contribution in [-0.4, -0.2) is 38.9 Å². The highest BCUT2D eigenvalue weighted by molar-refractivity contribution is 5.57. The van der Waals surface area contributed by atoms with Gasteiger partial charge in [-0.25, -0.2) is 0 Å². The molecule has 0 amide bonds. The van der Waals surface area contributed by atoms with Crippen LogP contribution in [0.3, 0.4) is 0 Å². The molecular weight excluding hydrogens is 326 g/mol. The van der Waals surface area contributed by atoms with Gasteiger partial charge in [0.2, 0.25) is 0 Å². The van der Waals surface area contributed by atoms with Gasteiger partial charge in [-0.05, 0) is 43.2 Å². The van der Waals surface area contributed by atoms with Crippen molar-refractivity contribution < 1.29 is 18.3 Å². The number of hydrogen-bond donors (Lipinski definition) is 1. The molecule has 0 radical (unpaired) electrons. The molecule has 1 saturated carbocycles. The Morgan fingerprint density at radius 2 is 2.04 bits per heavy atom. The Bertz CT molecular complexity index is 564. The van der Waals surface area contributed by atoms with Crippen molar-refractivity contribution in [3.05, 3.63) is 18.2 Å². The van der Waals surface area contributed by atoms with E-state index in [-0.39, 0.29) is 5.75 Å². The zero-order valence-corrected chi connectivity index (χ0v) is 15.0. The lowest BCUT2D eigenvalue weighted by atomic mass is 10.0. The lowest BCUT2D eigenvalue weighted by Gasteiger charge is -2.36. The van der Waals surface area contributed by atoms with E-state index in [4.69, 9.17) is 4.74 Å². The number of nitrogens with one attached hydrogen (secondary N) is 1. The van der Waals surface area contributed by atoms with E-state index >= 15 is 0 Å². The Morgan fingerprint density at radius 3 is 2.72 bits per heavy atom. The Kier molecular flexibility index (Phi) is 5.99. The number of benzene rings is 1. The number of halogens is 2. The van der Waals surface area contributed by atoms with Crippen LogP contribution in [0.4, 0.5) is 14.5 Å². The molecule has 4 nitrogen and oxygen atoms in total. The summed E-state index contributed by atoms with van der Waals surface area (Å²) in [6.45, 7) is 4.90. The fourth-order valence-corrected chi connectivity index (χ4v) is 3.28. The number of rotatable bonds is 8. The summed E-state index contributed by atoms with van der Waals surface area (Å²) in [7, 11) is 0. The fraction of sp³-hybridized carbons (Fsp3) is 0.684. The molecule has 1 aliphatic carbocycles. The molecule has 6 heteroatoms. The minimum atomic E-state index is -2.84. The second-order valence-corrected chi connectivity index (χ2v) is 7.49. The maximum absolute atomic E-state index is 12.6. The summed E-state index contributed by atoms with van der Waals surface area (Å²) in [5, 5.41) is 3.55. The molecule has 1 atom stereocenters. The fourth-order valence-electron chi connectivity index (χ4n) is 3.28. The first-order valence-corrected chi connectivity index (χ1v) is 9.21. The molecule has 1 saturated heterocycles. The van der Waals surface area contributed by atoms with Gasteiger partial charge in [-0.3, -0.25) is 0 Å². The van der Waals surface area contributed by atoms with Crippen LogP contribution in [0.1, 0.15) is 33.1 Å². The standard InChI is InChI=1S/C19H28F2N2O2/c1-13(2)9-15-11-23(8-7-22-15)16-5-6-17(25-19(20)21)18(10-16)24-12-14-3-4-14/h5-6,10,13-15,19,22H,3-4,7-9,11-12H2,1-2H3. The van der Waals surface area contributed by atoms with Crippen LogP contribution in [0.5, 0.6) is 11.5 Å². The normalized spacial score (nSPS) is 21.0. The number of alkyl halides is 2. The molecule has 1 aromatic carbocycles. The lowest BCUT2D eigenvalue weighted by Crippen LogP contribution is -2.51. The first-order valence-electron chi connectivity index (χ1n) is 9.21. The lowest BCUT2D eigenvalue weighted by molar-refractivity contribution is -0.0515. The largest absolute Gasteiger partial charge is 0.489 e. The SMILES string of the molecule is CC(C)CC1CN(c2ccc(OC(F)F)c(OCC3CC3)c2)CCN1. The highest BCUT2D eigenvalue weighted by Crippen LogP contribution is 2.36. The minimum absolute atomic E-state index is 0.119. The number of nitrogens with zero attached hydrogens (tertiary/aromatic N) is 1. The molecule has 2 aliphatic rings. The Morgan fingerprint density at radius 1 is 1.24 bits per heavy atom. The van der Waals surface area contributed by atoms with Crippen molar-refractivity contribution in [2.45, 2.75) is 45.8 Å². The quantitative estimate of drug-likeness (QED) is 0.768. The van der Waals surface area contributed by atoms with E-state index in [1.165, 1.54) is 0 Å². The van der Waals surface area contributed by atoms with Crippen molar-refractivity contribution in [2.24, 2.45) is 11.8 Å². The highest BCUT2D eigenvalue weighted by atomic mass is 19.3. The predicted molar refractivity (Wildman–Crippen MR) is 94.8 cm³/mol. The zero-order valence-electron chi connectivity index (χ0n) is 15.0. The number of anilines is 1. The molecular formula is C19H28F2N2O2. The average molecular weight is 354 g/mol. The van der Waals surface area contributed by atoms with Crippen molar-refractivity contribution in [3.63, 3.8) is 0 Å². The van der Waals surface area contributed by atoms with E-state index in [1.54, 1.807) is 6.07 Å². The van der Waals surface area contributed by atoms with Crippen LogP contribution in [0, 0.1) is 11.8 Å². The summed E-state index contributed by atoms with van der Waals surface area (Å²) in [4.78, 5) is 2.29. The third-order valence-corrected chi connectivity index (χ3v) is 4.69. The molecule has 1 aromatic rings. The second kappa shape index (κ2) is 8.21. The van der Waals surface area contributed by atoms with E-state index in [1.807, 2.05) is 12.1 Å². The van der Waals surface area contributed by atoms with Gasteiger partial charge in [-0.1, -0.05) is 13.8 Å².